The molecule has 0 aliphatic carbocycles. The van der Waals surface area contributed by atoms with Crippen LogP contribution in [-0.4, -0.2) is 24.7 Å². The Hall–Kier alpha value is -4.06. The van der Waals surface area contributed by atoms with Crippen molar-refractivity contribution in [1.29, 1.82) is 0 Å². The van der Waals surface area contributed by atoms with Crippen molar-refractivity contribution in [3.05, 3.63) is 84.1 Å². The molecule has 6 heteroatoms. The Kier molecular flexibility index (Phi) is 3.71. The van der Waals surface area contributed by atoms with Crippen LogP contribution >= 0.6 is 0 Å². The lowest BCUT2D eigenvalue weighted by Crippen LogP contribution is -2.31. The average molecular weight is 409 g/mol. The minimum Gasteiger partial charge on any atom is -0.497 e. The number of amidine groups is 1. The molecule has 0 saturated carbocycles. The van der Waals surface area contributed by atoms with E-state index in [2.05, 4.69) is 29.2 Å². The molecule has 2 N–H and O–H groups in total. The van der Waals surface area contributed by atoms with E-state index in [4.69, 9.17) is 24.9 Å². The minimum absolute atomic E-state index is 0.168. The summed E-state index contributed by atoms with van der Waals surface area (Å²) in [5.74, 6) is 2.18. The molecule has 1 spiro atoms. The molecule has 31 heavy (non-hydrogen) atoms. The van der Waals surface area contributed by atoms with Gasteiger partial charge in [-0.3, -0.25) is 4.98 Å². The van der Waals surface area contributed by atoms with Gasteiger partial charge in [-0.05, 0) is 53.6 Å². The van der Waals surface area contributed by atoms with E-state index in [1.54, 1.807) is 13.3 Å². The molecular formula is C25H19N3O3. The van der Waals surface area contributed by atoms with Gasteiger partial charge in [0.1, 0.15) is 23.9 Å². The zero-order valence-electron chi connectivity index (χ0n) is 16.8. The van der Waals surface area contributed by atoms with Crippen molar-refractivity contribution >= 4 is 16.9 Å². The molecule has 0 amide bonds. The quantitative estimate of drug-likeness (QED) is 0.523. The van der Waals surface area contributed by atoms with Crippen molar-refractivity contribution in [1.82, 2.24) is 4.98 Å². The molecular weight excluding hydrogens is 390 g/mol. The van der Waals surface area contributed by atoms with Crippen LogP contribution < -0.4 is 15.2 Å². The molecule has 0 saturated heterocycles. The molecule has 0 bridgehead atoms. The monoisotopic (exact) mass is 409 g/mol. The fraction of sp³-hybridized carbons (Fsp3) is 0.120. The third kappa shape index (κ3) is 2.58. The first-order chi connectivity index (χ1) is 15.2. The number of rotatable bonds is 2. The Morgan fingerprint density at radius 2 is 1.81 bits per heavy atom. The van der Waals surface area contributed by atoms with Crippen LogP contribution in [0.15, 0.2) is 77.9 Å². The fourth-order valence-corrected chi connectivity index (χ4v) is 4.48. The Morgan fingerprint density at radius 1 is 0.968 bits per heavy atom. The van der Waals surface area contributed by atoms with Crippen molar-refractivity contribution in [3.8, 4) is 28.4 Å². The van der Waals surface area contributed by atoms with Crippen molar-refractivity contribution in [2.75, 3.05) is 13.7 Å². The zero-order valence-corrected chi connectivity index (χ0v) is 16.8. The van der Waals surface area contributed by atoms with Crippen molar-refractivity contribution < 1.29 is 14.2 Å². The number of aromatic nitrogens is 1. The first-order valence-corrected chi connectivity index (χ1v) is 10.0. The predicted molar refractivity (Wildman–Crippen MR) is 119 cm³/mol. The van der Waals surface area contributed by atoms with E-state index in [0.717, 1.165) is 50.4 Å². The summed E-state index contributed by atoms with van der Waals surface area (Å²) in [5.41, 5.74) is 10.1. The molecule has 0 radical (unpaired) electrons. The molecule has 2 aliphatic heterocycles. The molecule has 6 rings (SSSR count). The number of nitrogens with zero attached hydrogens (tertiary/aromatic N) is 2. The molecule has 6 nitrogen and oxygen atoms in total. The van der Waals surface area contributed by atoms with Gasteiger partial charge in [-0.1, -0.05) is 24.3 Å². The van der Waals surface area contributed by atoms with Gasteiger partial charge in [0.2, 0.25) is 0 Å². The molecule has 0 fully saturated rings. The van der Waals surface area contributed by atoms with E-state index in [0.29, 0.717) is 6.61 Å². The average Bonchev–Trinajstić information content (AvgIpc) is 3.21. The molecule has 0 unspecified atom stereocenters. The molecule has 4 aromatic rings. The standard InChI is InChI=1S/C25H19N3O3/c1-29-16-8-10-23-20(13-16)25(14-30-24(26)28-25)19-12-15(7-9-22(19)31-23)17-4-2-6-21-18(17)5-3-11-27-21/h2-13H,14H2,1H3,(H2,26,28)/t25-/m0/s1. The molecule has 2 aliphatic rings. The van der Waals surface area contributed by atoms with Crippen LogP contribution in [0.5, 0.6) is 17.2 Å². The highest BCUT2D eigenvalue weighted by atomic mass is 16.5. The summed E-state index contributed by atoms with van der Waals surface area (Å²) in [6, 6.07) is 22.2. The molecule has 1 aromatic heterocycles. The highest BCUT2D eigenvalue weighted by molar-refractivity contribution is 5.95. The fourth-order valence-electron chi connectivity index (χ4n) is 4.48. The van der Waals surface area contributed by atoms with Crippen LogP contribution in [-0.2, 0) is 10.3 Å². The largest absolute Gasteiger partial charge is 0.497 e. The van der Waals surface area contributed by atoms with Gasteiger partial charge in [-0.25, -0.2) is 4.99 Å². The normalized spacial score (nSPS) is 18.7. The third-order valence-corrected chi connectivity index (χ3v) is 5.96. The van der Waals surface area contributed by atoms with Gasteiger partial charge in [0.25, 0.3) is 6.02 Å². The van der Waals surface area contributed by atoms with Crippen molar-refractivity contribution in [2.45, 2.75) is 5.54 Å². The van der Waals surface area contributed by atoms with E-state index < -0.39 is 5.54 Å². The van der Waals surface area contributed by atoms with Crippen LogP contribution in [0.1, 0.15) is 11.1 Å². The second-order valence-corrected chi connectivity index (χ2v) is 7.65. The summed E-state index contributed by atoms with van der Waals surface area (Å²) in [4.78, 5) is 9.25. The molecule has 3 aromatic carbocycles. The summed E-state index contributed by atoms with van der Waals surface area (Å²) >= 11 is 0. The summed E-state index contributed by atoms with van der Waals surface area (Å²) < 4.78 is 17.4. The van der Waals surface area contributed by atoms with Gasteiger partial charge in [-0.2, -0.15) is 0 Å². The lowest BCUT2D eigenvalue weighted by Gasteiger charge is -2.34. The van der Waals surface area contributed by atoms with Gasteiger partial charge in [0.05, 0.1) is 12.6 Å². The lowest BCUT2D eigenvalue weighted by atomic mass is 9.80. The van der Waals surface area contributed by atoms with Crippen molar-refractivity contribution in [3.63, 3.8) is 0 Å². The number of pyridine rings is 1. The van der Waals surface area contributed by atoms with E-state index in [9.17, 15) is 0 Å². The summed E-state index contributed by atoms with van der Waals surface area (Å²) in [6.07, 6.45) is 1.81. The van der Waals surface area contributed by atoms with E-state index in [1.807, 2.05) is 42.5 Å². The third-order valence-electron chi connectivity index (χ3n) is 5.96. The SMILES string of the molecule is COc1ccc2c(c1)[C@]1(COC(N)=N1)c1cc(-c3cccc4ncccc34)ccc1O2. The second-order valence-electron chi connectivity index (χ2n) is 7.65. The first-order valence-electron chi connectivity index (χ1n) is 10.0. The number of ether oxygens (including phenoxy) is 3. The van der Waals surface area contributed by atoms with Gasteiger partial charge < -0.3 is 19.9 Å². The summed E-state index contributed by atoms with van der Waals surface area (Å²) in [6.45, 7) is 0.301. The second kappa shape index (κ2) is 6.47. The number of aliphatic imine (C=N–C) groups is 1. The summed E-state index contributed by atoms with van der Waals surface area (Å²) in [5, 5.41) is 1.09. The van der Waals surface area contributed by atoms with Gasteiger partial charge in [0.15, 0.2) is 5.54 Å². The minimum atomic E-state index is -0.791. The van der Waals surface area contributed by atoms with E-state index in [1.165, 1.54) is 0 Å². The van der Waals surface area contributed by atoms with Gasteiger partial charge >= 0.3 is 0 Å². The summed E-state index contributed by atoms with van der Waals surface area (Å²) in [7, 11) is 1.64. The Balaban J connectivity index is 1.60. The number of hydrogen-bond donors (Lipinski definition) is 1. The number of fused-ring (bicyclic) bond motifs is 5. The number of hydrogen-bond acceptors (Lipinski definition) is 6. The predicted octanol–water partition coefficient (Wildman–Crippen LogP) is 4.60. The Bertz CT molecular complexity index is 1380. The zero-order chi connectivity index (χ0) is 21.0. The van der Waals surface area contributed by atoms with E-state index >= 15 is 0 Å². The smallest absolute Gasteiger partial charge is 0.283 e. The molecule has 1 atom stereocenters. The molecule has 3 heterocycles. The highest BCUT2D eigenvalue weighted by Crippen LogP contribution is 2.52. The molecule has 152 valence electrons. The maximum absolute atomic E-state index is 6.24. The van der Waals surface area contributed by atoms with Crippen LogP contribution in [0.25, 0.3) is 22.0 Å². The Morgan fingerprint density at radius 3 is 2.61 bits per heavy atom. The van der Waals surface area contributed by atoms with Gasteiger partial charge in [0, 0.05) is 22.7 Å². The lowest BCUT2D eigenvalue weighted by molar-refractivity contribution is 0.264. The van der Waals surface area contributed by atoms with Crippen LogP contribution in [0.3, 0.4) is 0 Å². The van der Waals surface area contributed by atoms with Crippen molar-refractivity contribution in [2.24, 2.45) is 10.7 Å². The van der Waals surface area contributed by atoms with E-state index in [-0.39, 0.29) is 6.02 Å². The number of benzene rings is 3. The maximum atomic E-state index is 6.24. The first kappa shape index (κ1) is 17.8. The van der Waals surface area contributed by atoms with Gasteiger partial charge in [-0.15, -0.1) is 0 Å². The van der Waals surface area contributed by atoms with Crippen LogP contribution in [0, 0.1) is 0 Å². The topological polar surface area (TPSA) is 79.0 Å². The Labute approximate surface area is 178 Å². The maximum Gasteiger partial charge on any atom is 0.283 e. The van der Waals surface area contributed by atoms with Crippen LogP contribution in [0.4, 0.5) is 0 Å². The number of methoxy groups -OCH3 is 1. The highest BCUT2D eigenvalue weighted by Gasteiger charge is 2.47. The number of nitrogens with two attached hydrogens (primary N) is 1. The van der Waals surface area contributed by atoms with Crippen LogP contribution in [0.2, 0.25) is 0 Å².